The number of ether oxygens (including phenoxy) is 2. The van der Waals surface area contributed by atoms with Crippen molar-refractivity contribution < 1.29 is 38.4 Å². The maximum absolute atomic E-state index is 11.9. The molecule has 0 saturated carbocycles. The molecule has 10 heteroatoms. The van der Waals surface area contributed by atoms with Gasteiger partial charge in [0.05, 0.1) is 6.61 Å². The van der Waals surface area contributed by atoms with Crippen LogP contribution in [0.3, 0.4) is 0 Å². The molecule has 2 atom stereocenters. The largest absolute Gasteiger partial charge is 0.465 e. The summed E-state index contributed by atoms with van der Waals surface area (Å²) in [7, 11) is 0. The van der Waals surface area contributed by atoms with Crippen LogP contribution in [-0.2, 0) is 38.4 Å². The lowest BCUT2D eigenvalue weighted by Crippen LogP contribution is -2.47. The summed E-state index contributed by atoms with van der Waals surface area (Å²) in [4.78, 5) is 49.8. The lowest BCUT2D eigenvalue weighted by atomic mass is 10.0. The van der Waals surface area contributed by atoms with Gasteiger partial charge in [0.1, 0.15) is 6.04 Å². The number of piperidine rings is 1. The second-order valence-corrected chi connectivity index (χ2v) is 5.67. The zero-order valence-corrected chi connectivity index (χ0v) is 14.2. The van der Waals surface area contributed by atoms with Gasteiger partial charge in [0.2, 0.25) is 0 Å². The molecule has 0 unspecified atom stereocenters. The number of esters is 1. The Hall–Kier alpha value is -1.75. The van der Waals surface area contributed by atoms with Crippen molar-refractivity contribution in [2.24, 2.45) is 0 Å². The molecule has 0 aromatic carbocycles. The third-order valence-electron chi connectivity index (χ3n) is 3.83. The summed E-state index contributed by atoms with van der Waals surface area (Å²) in [5, 5.41) is 1.16. The molecule has 10 nitrogen and oxygen atoms in total. The van der Waals surface area contributed by atoms with Crippen molar-refractivity contribution in [3.63, 3.8) is 0 Å². The summed E-state index contributed by atoms with van der Waals surface area (Å²) in [6.07, 6.45) is 4.03. The quantitative estimate of drug-likeness (QED) is 0.405. The van der Waals surface area contributed by atoms with Crippen LogP contribution in [0.25, 0.3) is 0 Å². The topological polar surface area (TPSA) is 113 Å². The van der Waals surface area contributed by atoms with Crippen LogP contribution >= 0.6 is 0 Å². The van der Waals surface area contributed by atoms with Crippen molar-refractivity contribution in [2.75, 3.05) is 19.8 Å². The average molecular weight is 360 g/mol. The summed E-state index contributed by atoms with van der Waals surface area (Å²) in [6, 6.07) is -0.717. The van der Waals surface area contributed by atoms with E-state index in [0.29, 0.717) is 26.0 Å². The molecular formula is C15H24N2O8. The van der Waals surface area contributed by atoms with Crippen LogP contribution in [0.1, 0.15) is 45.4 Å². The molecule has 0 radical (unpaired) electrons. The minimum absolute atomic E-state index is 0.226. The Kier molecular flexibility index (Phi) is 8.06. The van der Waals surface area contributed by atoms with Gasteiger partial charge >= 0.3 is 17.9 Å². The number of nitrogens with zero attached hydrogens (tertiary/aromatic N) is 1. The lowest BCUT2D eigenvalue weighted by Gasteiger charge is -2.31. The number of carbonyl (C=O) groups excluding carboxylic acids is 3. The third-order valence-corrected chi connectivity index (χ3v) is 3.83. The van der Waals surface area contributed by atoms with E-state index in [1.165, 1.54) is 0 Å². The molecule has 0 spiro atoms. The summed E-state index contributed by atoms with van der Waals surface area (Å²) in [5.41, 5.74) is 1.94. The SMILES string of the molecule is CCOC(=O)[C@@H]1CCCCN1OC(=O)C(=O)ONO[C@@H]1CCCCO1. The number of hydrogen-bond donors (Lipinski definition) is 1. The van der Waals surface area contributed by atoms with Gasteiger partial charge in [-0.15, -0.1) is 5.06 Å². The van der Waals surface area contributed by atoms with Gasteiger partial charge in [-0.1, -0.05) is 0 Å². The van der Waals surface area contributed by atoms with Gasteiger partial charge in [-0.25, -0.2) is 14.4 Å². The highest BCUT2D eigenvalue weighted by atomic mass is 17.0. The third kappa shape index (κ3) is 6.24. The van der Waals surface area contributed by atoms with E-state index in [1.54, 1.807) is 6.92 Å². The second-order valence-electron chi connectivity index (χ2n) is 5.67. The van der Waals surface area contributed by atoms with Gasteiger partial charge in [-0.05, 0) is 44.7 Å². The summed E-state index contributed by atoms with van der Waals surface area (Å²) in [6.45, 7) is 2.81. The average Bonchev–Trinajstić information content (AvgIpc) is 2.63. The zero-order valence-electron chi connectivity index (χ0n) is 14.2. The first-order valence-electron chi connectivity index (χ1n) is 8.50. The number of hydrogen-bond acceptors (Lipinski definition) is 10. The van der Waals surface area contributed by atoms with E-state index in [4.69, 9.17) is 19.1 Å². The van der Waals surface area contributed by atoms with Gasteiger partial charge in [-0.3, -0.25) is 4.79 Å². The van der Waals surface area contributed by atoms with Gasteiger partial charge in [0, 0.05) is 19.6 Å². The molecule has 2 aliphatic heterocycles. The van der Waals surface area contributed by atoms with E-state index in [0.717, 1.165) is 30.7 Å². The second kappa shape index (κ2) is 10.3. The van der Waals surface area contributed by atoms with E-state index in [2.05, 4.69) is 4.84 Å². The van der Waals surface area contributed by atoms with E-state index in [1.807, 2.05) is 5.64 Å². The van der Waals surface area contributed by atoms with Gasteiger partial charge < -0.3 is 19.1 Å². The molecule has 0 bridgehead atoms. The summed E-state index contributed by atoms with van der Waals surface area (Å²) >= 11 is 0. The number of hydroxylamine groups is 2. The molecule has 0 aliphatic carbocycles. The van der Waals surface area contributed by atoms with Crippen molar-refractivity contribution in [3.8, 4) is 0 Å². The monoisotopic (exact) mass is 360 g/mol. The smallest absolute Gasteiger partial charge is 0.439 e. The molecule has 2 saturated heterocycles. The van der Waals surface area contributed by atoms with Crippen LogP contribution in [0.15, 0.2) is 0 Å². The molecule has 25 heavy (non-hydrogen) atoms. The fourth-order valence-electron chi connectivity index (χ4n) is 2.59. The molecule has 0 amide bonds. The number of rotatable bonds is 6. The highest BCUT2D eigenvalue weighted by Crippen LogP contribution is 2.19. The van der Waals surface area contributed by atoms with Crippen molar-refractivity contribution >= 4 is 17.9 Å². The Morgan fingerprint density at radius 3 is 2.64 bits per heavy atom. The van der Waals surface area contributed by atoms with Crippen molar-refractivity contribution in [1.82, 2.24) is 10.7 Å². The van der Waals surface area contributed by atoms with E-state index >= 15 is 0 Å². The molecule has 0 aromatic rings. The van der Waals surface area contributed by atoms with Crippen LogP contribution in [0.2, 0.25) is 0 Å². The molecule has 142 valence electrons. The molecule has 2 heterocycles. The Balaban J connectivity index is 1.74. The normalized spacial score (nSPS) is 24.4. The number of carbonyl (C=O) groups is 3. The van der Waals surface area contributed by atoms with E-state index in [-0.39, 0.29) is 6.61 Å². The van der Waals surface area contributed by atoms with Crippen molar-refractivity contribution in [3.05, 3.63) is 0 Å². The predicted molar refractivity (Wildman–Crippen MR) is 81.0 cm³/mol. The molecule has 2 aliphatic rings. The van der Waals surface area contributed by atoms with Gasteiger partial charge in [0.15, 0.2) is 6.29 Å². The first-order chi connectivity index (χ1) is 12.1. The number of nitrogens with one attached hydrogen (secondary N) is 1. The zero-order chi connectivity index (χ0) is 18.1. The van der Waals surface area contributed by atoms with Gasteiger partial charge in [-0.2, -0.15) is 0 Å². The highest BCUT2D eigenvalue weighted by Gasteiger charge is 2.34. The first-order valence-corrected chi connectivity index (χ1v) is 8.50. The molecule has 1 N–H and O–H groups in total. The van der Waals surface area contributed by atoms with Crippen LogP contribution in [0.5, 0.6) is 0 Å². The predicted octanol–water partition coefficient (Wildman–Crippen LogP) is 0.368. The molecule has 2 fully saturated rings. The Morgan fingerprint density at radius 2 is 1.92 bits per heavy atom. The summed E-state index contributed by atoms with van der Waals surface area (Å²) in [5.74, 6) is -3.03. The standard InChI is InChI=1S/C15H24N2O8/c1-2-21-13(18)11-7-3-5-9-17(11)25-15(20)14(19)24-16-23-12-8-4-6-10-22-12/h11-12,16H,2-10H2,1H3/t11-,12+/m0/s1. The minimum atomic E-state index is -1.29. The maximum atomic E-state index is 11.9. The van der Waals surface area contributed by atoms with Crippen LogP contribution in [-0.4, -0.2) is 55.1 Å². The van der Waals surface area contributed by atoms with E-state index < -0.39 is 30.2 Å². The van der Waals surface area contributed by atoms with Crippen molar-refractivity contribution in [2.45, 2.75) is 57.8 Å². The Labute approximate surface area is 145 Å². The highest BCUT2D eigenvalue weighted by molar-refractivity contribution is 6.29. The maximum Gasteiger partial charge on any atom is 0.439 e. The Morgan fingerprint density at radius 1 is 1.12 bits per heavy atom. The van der Waals surface area contributed by atoms with Crippen LogP contribution < -0.4 is 5.64 Å². The fraction of sp³-hybridized carbons (Fsp3) is 0.800. The van der Waals surface area contributed by atoms with Crippen LogP contribution in [0.4, 0.5) is 0 Å². The van der Waals surface area contributed by atoms with Gasteiger partial charge in [0.25, 0.3) is 0 Å². The van der Waals surface area contributed by atoms with Crippen LogP contribution in [0, 0.1) is 0 Å². The fourth-order valence-corrected chi connectivity index (χ4v) is 2.59. The molecular weight excluding hydrogens is 336 g/mol. The Bertz CT molecular complexity index is 466. The summed E-state index contributed by atoms with van der Waals surface area (Å²) < 4.78 is 10.2. The van der Waals surface area contributed by atoms with E-state index in [9.17, 15) is 14.4 Å². The minimum Gasteiger partial charge on any atom is -0.465 e. The molecule has 2 rings (SSSR count). The lowest BCUT2D eigenvalue weighted by molar-refractivity contribution is -0.271. The first kappa shape index (κ1) is 19.6. The van der Waals surface area contributed by atoms with Crippen molar-refractivity contribution in [1.29, 1.82) is 0 Å². The molecule has 0 aromatic heterocycles.